The van der Waals surface area contributed by atoms with E-state index < -0.39 is 4.92 Å². The molecule has 1 aliphatic heterocycles. The standard InChI is InChI=1S/C19H20ClN5O3/c1-12-6-7-13(10-14(12)20)21-15-11-16(24-8-4-2-3-5-9-24)17-18(23-28-22-17)19(15)25(26)27/h6-7,10-11,21H,2-5,8-9H2,1H3. The van der Waals surface area contributed by atoms with Crippen LogP contribution in [0.25, 0.3) is 11.0 Å². The fourth-order valence-corrected chi connectivity index (χ4v) is 3.75. The van der Waals surface area contributed by atoms with Gasteiger partial charge in [0.05, 0.1) is 10.6 Å². The first-order valence-corrected chi connectivity index (χ1v) is 9.64. The molecule has 146 valence electrons. The first kappa shape index (κ1) is 18.5. The Morgan fingerprint density at radius 2 is 1.86 bits per heavy atom. The summed E-state index contributed by atoms with van der Waals surface area (Å²) in [6.45, 7) is 3.64. The normalized spacial score (nSPS) is 14.9. The molecule has 0 bridgehead atoms. The van der Waals surface area contributed by atoms with Gasteiger partial charge in [-0.1, -0.05) is 30.5 Å². The number of hydrogen-bond acceptors (Lipinski definition) is 7. The highest BCUT2D eigenvalue weighted by atomic mass is 35.5. The first-order chi connectivity index (χ1) is 13.5. The highest BCUT2D eigenvalue weighted by molar-refractivity contribution is 6.31. The largest absolute Gasteiger partial charge is 0.370 e. The van der Waals surface area contributed by atoms with Gasteiger partial charge in [-0.25, -0.2) is 4.63 Å². The van der Waals surface area contributed by atoms with Gasteiger partial charge in [-0.15, -0.1) is 0 Å². The second kappa shape index (κ2) is 7.63. The summed E-state index contributed by atoms with van der Waals surface area (Å²) in [5, 5.41) is 23.3. The smallest absolute Gasteiger partial charge is 0.324 e. The summed E-state index contributed by atoms with van der Waals surface area (Å²) in [5.74, 6) is 0. The van der Waals surface area contributed by atoms with Crippen LogP contribution in [0.4, 0.5) is 22.7 Å². The number of hydrogen-bond donors (Lipinski definition) is 1. The number of halogens is 1. The van der Waals surface area contributed by atoms with Gasteiger partial charge in [0.2, 0.25) is 5.52 Å². The molecule has 8 nitrogen and oxygen atoms in total. The molecule has 9 heteroatoms. The molecule has 0 spiro atoms. The summed E-state index contributed by atoms with van der Waals surface area (Å²) in [6, 6.07) is 7.21. The van der Waals surface area contributed by atoms with E-state index >= 15 is 0 Å². The fourth-order valence-electron chi connectivity index (χ4n) is 3.57. The van der Waals surface area contributed by atoms with E-state index in [2.05, 4.69) is 20.5 Å². The zero-order chi connectivity index (χ0) is 19.7. The predicted molar refractivity (Wildman–Crippen MR) is 109 cm³/mol. The van der Waals surface area contributed by atoms with Gasteiger partial charge in [-0.05, 0) is 53.8 Å². The van der Waals surface area contributed by atoms with Crippen LogP contribution < -0.4 is 10.2 Å². The molecule has 1 fully saturated rings. The molecule has 1 saturated heterocycles. The van der Waals surface area contributed by atoms with E-state index in [1.165, 1.54) is 12.8 Å². The van der Waals surface area contributed by atoms with Crippen LogP contribution in [0.1, 0.15) is 31.2 Å². The second-order valence-electron chi connectivity index (χ2n) is 7.00. The molecule has 0 atom stereocenters. The predicted octanol–water partition coefficient (Wildman–Crippen LogP) is 5.22. The lowest BCUT2D eigenvalue weighted by Gasteiger charge is -2.23. The first-order valence-electron chi connectivity index (χ1n) is 9.26. The van der Waals surface area contributed by atoms with Gasteiger partial charge in [-0.2, -0.15) is 0 Å². The van der Waals surface area contributed by atoms with Crippen molar-refractivity contribution in [2.45, 2.75) is 32.6 Å². The number of nitro groups is 1. The SMILES string of the molecule is Cc1ccc(Nc2cc(N3CCCCCC3)c3nonc3c2[N+](=O)[O-])cc1Cl. The molecule has 1 aliphatic rings. The van der Waals surface area contributed by atoms with Crippen molar-refractivity contribution in [1.29, 1.82) is 0 Å². The van der Waals surface area contributed by atoms with Crippen LogP contribution >= 0.6 is 11.6 Å². The number of anilines is 3. The summed E-state index contributed by atoms with van der Waals surface area (Å²) in [5.41, 5.74) is 3.14. The second-order valence-corrected chi connectivity index (χ2v) is 7.41. The molecule has 2 aromatic carbocycles. The minimum absolute atomic E-state index is 0.146. The van der Waals surface area contributed by atoms with Crippen molar-refractivity contribution in [2.24, 2.45) is 0 Å². The summed E-state index contributed by atoms with van der Waals surface area (Å²) >= 11 is 6.21. The van der Waals surface area contributed by atoms with Gasteiger partial charge in [-0.3, -0.25) is 10.1 Å². The summed E-state index contributed by atoms with van der Waals surface area (Å²) in [7, 11) is 0. The van der Waals surface area contributed by atoms with Crippen molar-refractivity contribution in [2.75, 3.05) is 23.3 Å². The van der Waals surface area contributed by atoms with Crippen molar-refractivity contribution in [3.63, 3.8) is 0 Å². The summed E-state index contributed by atoms with van der Waals surface area (Å²) < 4.78 is 4.88. The van der Waals surface area contributed by atoms with Gasteiger partial charge < -0.3 is 10.2 Å². The maximum Gasteiger partial charge on any atom is 0.324 e. The topological polar surface area (TPSA) is 97.3 Å². The van der Waals surface area contributed by atoms with Crippen molar-refractivity contribution in [3.05, 3.63) is 45.0 Å². The van der Waals surface area contributed by atoms with Crippen LogP contribution in [0.5, 0.6) is 0 Å². The molecule has 1 aromatic heterocycles. The maximum atomic E-state index is 11.8. The highest BCUT2D eigenvalue weighted by Gasteiger charge is 2.28. The summed E-state index contributed by atoms with van der Waals surface area (Å²) in [6.07, 6.45) is 4.49. The van der Waals surface area contributed by atoms with Crippen LogP contribution in [0.3, 0.4) is 0 Å². The Hall–Kier alpha value is -2.87. The Morgan fingerprint density at radius 3 is 2.54 bits per heavy atom. The van der Waals surface area contributed by atoms with E-state index in [4.69, 9.17) is 16.2 Å². The van der Waals surface area contributed by atoms with E-state index in [1.54, 1.807) is 12.1 Å². The highest BCUT2D eigenvalue weighted by Crippen LogP contribution is 2.40. The lowest BCUT2D eigenvalue weighted by Crippen LogP contribution is -2.24. The lowest BCUT2D eigenvalue weighted by molar-refractivity contribution is -0.382. The molecule has 0 aliphatic carbocycles. The monoisotopic (exact) mass is 401 g/mol. The molecule has 0 amide bonds. The number of nitrogens with zero attached hydrogens (tertiary/aromatic N) is 4. The quantitative estimate of drug-likeness (QED) is 0.472. The minimum atomic E-state index is -0.461. The number of fused-ring (bicyclic) bond motifs is 1. The molecule has 4 rings (SSSR count). The third kappa shape index (κ3) is 3.47. The molecule has 28 heavy (non-hydrogen) atoms. The maximum absolute atomic E-state index is 11.8. The zero-order valence-electron chi connectivity index (χ0n) is 15.4. The fraction of sp³-hybridized carbons (Fsp3) is 0.368. The van der Waals surface area contributed by atoms with Gasteiger partial charge in [0, 0.05) is 23.8 Å². The van der Waals surface area contributed by atoms with Crippen molar-refractivity contribution < 1.29 is 9.55 Å². The molecule has 0 unspecified atom stereocenters. The Labute approximate surface area is 166 Å². The third-order valence-corrected chi connectivity index (χ3v) is 5.48. The molecule has 0 radical (unpaired) electrons. The van der Waals surface area contributed by atoms with Gasteiger partial charge in [0.25, 0.3) is 0 Å². The van der Waals surface area contributed by atoms with Gasteiger partial charge in [0.1, 0.15) is 5.69 Å². The van der Waals surface area contributed by atoms with E-state index in [9.17, 15) is 10.1 Å². The van der Waals surface area contributed by atoms with Crippen molar-refractivity contribution >= 4 is 45.4 Å². The number of rotatable bonds is 4. The van der Waals surface area contributed by atoms with Crippen LogP contribution in [0.15, 0.2) is 28.9 Å². The number of aromatic nitrogens is 2. The molecule has 0 saturated carbocycles. The molecule has 3 aromatic rings. The van der Waals surface area contributed by atoms with Gasteiger partial charge >= 0.3 is 5.69 Å². The Bertz CT molecular complexity index is 1030. The molecular weight excluding hydrogens is 382 g/mol. The molecular formula is C19H20ClN5O3. The Kier molecular flexibility index (Phi) is 5.04. The van der Waals surface area contributed by atoms with Crippen LogP contribution in [-0.2, 0) is 0 Å². The van der Waals surface area contributed by atoms with Gasteiger partial charge in [0.15, 0.2) is 5.52 Å². The summed E-state index contributed by atoms with van der Waals surface area (Å²) in [4.78, 5) is 13.5. The van der Waals surface area contributed by atoms with Crippen LogP contribution in [0, 0.1) is 17.0 Å². The van der Waals surface area contributed by atoms with E-state index in [0.717, 1.165) is 37.2 Å². The molecule has 2 heterocycles. The number of nitro benzene ring substituents is 1. The lowest BCUT2D eigenvalue weighted by atomic mass is 10.1. The van der Waals surface area contributed by atoms with Crippen molar-refractivity contribution in [3.8, 4) is 0 Å². The average Bonchev–Trinajstić information content (AvgIpc) is 2.98. The van der Waals surface area contributed by atoms with E-state index in [-0.39, 0.29) is 11.2 Å². The van der Waals surface area contributed by atoms with E-state index in [0.29, 0.717) is 21.9 Å². The zero-order valence-corrected chi connectivity index (χ0v) is 16.2. The average molecular weight is 402 g/mol. The van der Waals surface area contributed by atoms with Crippen molar-refractivity contribution in [1.82, 2.24) is 10.3 Å². The van der Waals surface area contributed by atoms with E-state index in [1.807, 2.05) is 19.1 Å². The van der Waals surface area contributed by atoms with Crippen LogP contribution in [-0.4, -0.2) is 28.3 Å². The Morgan fingerprint density at radius 1 is 1.14 bits per heavy atom. The number of aryl methyl sites for hydroxylation is 1. The number of benzene rings is 2. The molecule has 1 N–H and O–H groups in total. The number of nitrogens with one attached hydrogen (secondary N) is 1. The third-order valence-electron chi connectivity index (χ3n) is 5.07. The minimum Gasteiger partial charge on any atom is -0.370 e. The Balaban J connectivity index is 1.84. The van der Waals surface area contributed by atoms with Crippen LogP contribution in [0.2, 0.25) is 5.02 Å².